The van der Waals surface area contributed by atoms with Crippen molar-refractivity contribution in [2.75, 3.05) is 0 Å². The summed E-state index contributed by atoms with van der Waals surface area (Å²) in [5.74, 6) is -2.66. The summed E-state index contributed by atoms with van der Waals surface area (Å²) in [4.78, 5) is 30.4. The minimum Gasteiger partial charge on any atom is -0.506 e. The number of carbonyl (C=O) groups is 2. The molecule has 8 heteroatoms. The lowest BCUT2D eigenvalue weighted by atomic mass is 10.0. The quantitative estimate of drug-likeness (QED) is 0.252. The average Bonchev–Trinajstić information content (AvgIpc) is 2.87. The lowest BCUT2D eigenvalue weighted by Crippen LogP contribution is -1.94. The molecular weight excluding hydrogens is 460 g/mol. The van der Waals surface area contributed by atoms with E-state index in [4.69, 9.17) is 10.2 Å². The minimum atomic E-state index is -1.12. The van der Waals surface area contributed by atoms with Gasteiger partial charge in [-0.15, -0.1) is 0 Å². The third kappa shape index (κ3) is 5.63. The summed E-state index contributed by atoms with van der Waals surface area (Å²) in [6, 6.07) is 23.2. The Labute approximate surface area is 205 Å². The lowest BCUT2D eigenvalue weighted by Gasteiger charge is -2.04. The number of carboxylic acid groups (broad SMARTS) is 2. The molecule has 4 rings (SSSR count). The third-order valence-corrected chi connectivity index (χ3v) is 5.30. The van der Waals surface area contributed by atoms with E-state index in [1.165, 1.54) is 24.3 Å². The van der Waals surface area contributed by atoms with Gasteiger partial charge in [0, 0.05) is 12.4 Å². The van der Waals surface area contributed by atoms with Crippen LogP contribution in [0.25, 0.3) is 11.1 Å². The second-order valence-corrected chi connectivity index (χ2v) is 7.78. The Morgan fingerprint density at radius 1 is 0.556 bits per heavy atom. The molecule has 0 atom stereocenters. The Morgan fingerprint density at radius 2 is 0.917 bits per heavy atom. The summed E-state index contributed by atoms with van der Waals surface area (Å²) in [6.45, 7) is 0. The first-order valence-electron chi connectivity index (χ1n) is 10.7. The first-order valence-corrected chi connectivity index (χ1v) is 10.7. The van der Waals surface area contributed by atoms with Crippen molar-refractivity contribution in [2.24, 2.45) is 9.98 Å². The monoisotopic (exact) mass is 480 g/mol. The molecule has 178 valence electrons. The number of aliphatic imine (C=N–C) groups is 2. The molecule has 36 heavy (non-hydrogen) atoms. The minimum absolute atomic E-state index is 0.0133. The Kier molecular flexibility index (Phi) is 6.87. The Bertz CT molecular complexity index is 1370. The Hall–Kier alpha value is -5.24. The molecule has 0 radical (unpaired) electrons. The summed E-state index contributed by atoms with van der Waals surface area (Å²) in [7, 11) is 0. The van der Waals surface area contributed by atoms with Gasteiger partial charge in [0.05, 0.1) is 11.1 Å². The van der Waals surface area contributed by atoms with Gasteiger partial charge in [-0.05, 0) is 58.7 Å². The number of nitrogens with zero attached hydrogens (tertiary/aromatic N) is 2. The number of aromatic hydroxyl groups is 2. The van der Waals surface area contributed by atoms with E-state index in [2.05, 4.69) is 9.98 Å². The van der Waals surface area contributed by atoms with Crippen molar-refractivity contribution in [3.05, 3.63) is 107 Å². The fraction of sp³-hybridized carbons (Fsp3) is 0. The molecule has 0 spiro atoms. The van der Waals surface area contributed by atoms with Crippen molar-refractivity contribution in [1.82, 2.24) is 0 Å². The molecule has 0 heterocycles. The molecule has 4 N–H and O–H groups in total. The lowest BCUT2D eigenvalue weighted by molar-refractivity contribution is 0.0686. The van der Waals surface area contributed by atoms with E-state index in [-0.39, 0.29) is 34.0 Å². The van der Waals surface area contributed by atoms with Crippen LogP contribution in [0.5, 0.6) is 11.5 Å². The van der Waals surface area contributed by atoms with Gasteiger partial charge in [0.25, 0.3) is 0 Å². The summed E-state index contributed by atoms with van der Waals surface area (Å²) >= 11 is 0. The summed E-state index contributed by atoms with van der Waals surface area (Å²) in [5, 5.41) is 37.9. The average molecular weight is 480 g/mol. The molecular formula is C28H20N2O6. The van der Waals surface area contributed by atoms with Gasteiger partial charge in [-0.1, -0.05) is 48.5 Å². The first-order chi connectivity index (χ1) is 17.3. The molecule has 0 bridgehead atoms. The molecule has 0 unspecified atom stereocenters. The predicted molar refractivity (Wildman–Crippen MR) is 137 cm³/mol. The maximum Gasteiger partial charge on any atom is 0.335 e. The van der Waals surface area contributed by atoms with Crippen LogP contribution >= 0.6 is 0 Å². The topological polar surface area (TPSA) is 140 Å². The van der Waals surface area contributed by atoms with Gasteiger partial charge in [-0.2, -0.15) is 0 Å². The van der Waals surface area contributed by atoms with Crippen molar-refractivity contribution >= 4 is 35.7 Å². The summed E-state index contributed by atoms with van der Waals surface area (Å²) in [5.41, 5.74) is 4.08. The molecule has 0 fully saturated rings. The number of benzene rings is 4. The van der Waals surface area contributed by atoms with Crippen LogP contribution in [0.15, 0.2) is 94.9 Å². The zero-order valence-corrected chi connectivity index (χ0v) is 18.7. The van der Waals surface area contributed by atoms with E-state index in [9.17, 15) is 19.8 Å². The van der Waals surface area contributed by atoms with Crippen LogP contribution in [0.1, 0.15) is 31.8 Å². The van der Waals surface area contributed by atoms with Crippen LogP contribution in [-0.2, 0) is 0 Å². The zero-order valence-electron chi connectivity index (χ0n) is 18.7. The highest BCUT2D eigenvalue weighted by Gasteiger charge is 2.08. The highest BCUT2D eigenvalue weighted by molar-refractivity contribution is 5.91. The standard InChI is InChI=1S/C28H20N2O6/c31-25-13-21(27(33)34)9-11-23(25)29-15-17-1-5-19(6-2-17)20-7-3-18(4-8-20)16-30-24-12-10-22(28(35)36)14-26(24)32/h1-16,31-32H,(H,33,34)(H,35,36). The van der Waals surface area contributed by atoms with Gasteiger partial charge in [0.2, 0.25) is 0 Å². The van der Waals surface area contributed by atoms with Crippen LogP contribution in [-0.4, -0.2) is 44.8 Å². The van der Waals surface area contributed by atoms with Gasteiger partial charge in [0.15, 0.2) is 0 Å². The highest BCUT2D eigenvalue weighted by atomic mass is 16.4. The highest BCUT2D eigenvalue weighted by Crippen LogP contribution is 2.28. The van der Waals surface area contributed by atoms with Crippen LogP contribution < -0.4 is 0 Å². The zero-order chi connectivity index (χ0) is 25.7. The number of carboxylic acids is 2. The third-order valence-electron chi connectivity index (χ3n) is 5.30. The first kappa shape index (κ1) is 23.9. The van der Waals surface area contributed by atoms with Crippen LogP contribution in [0.2, 0.25) is 0 Å². The van der Waals surface area contributed by atoms with E-state index < -0.39 is 11.9 Å². The SMILES string of the molecule is O=C(O)c1ccc(N=Cc2ccc(-c3ccc(C=Nc4ccc(C(=O)O)cc4O)cc3)cc2)c(O)c1. The second kappa shape index (κ2) is 10.4. The van der Waals surface area contributed by atoms with Gasteiger partial charge >= 0.3 is 11.9 Å². The maximum atomic E-state index is 11.0. The molecule has 0 aromatic heterocycles. The molecule has 0 amide bonds. The van der Waals surface area contributed by atoms with Gasteiger partial charge in [0.1, 0.15) is 22.9 Å². The van der Waals surface area contributed by atoms with Crippen molar-refractivity contribution in [1.29, 1.82) is 0 Å². The Morgan fingerprint density at radius 3 is 1.22 bits per heavy atom. The number of hydrogen-bond acceptors (Lipinski definition) is 6. The molecule has 0 aliphatic heterocycles. The fourth-order valence-electron chi connectivity index (χ4n) is 3.34. The molecule has 0 saturated carbocycles. The number of hydrogen-bond donors (Lipinski definition) is 4. The number of aromatic carboxylic acids is 2. The van der Waals surface area contributed by atoms with Crippen molar-refractivity contribution < 1.29 is 30.0 Å². The molecule has 4 aromatic carbocycles. The molecule has 0 aliphatic rings. The molecule has 0 saturated heterocycles. The smallest absolute Gasteiger partial charge is 0.335 e. The fourth-order valence-corrected chi connectivity index (χ4v) is 3.34. The van der Waals surface area contributed by atoms with E-state index in [1.807, 2.05) is 48.5 Å². The van der Waals surface area contributed by atoms with E-state index in [1.54, 1.807) is 12.4 Å². The largest absolute Gasteiger partial charge is 0.506 e. The summed E-state index contributed by atoms with van der Waals surface area (Å²) in [6.07, 6.45) is 3.16. The number of phenolic OH excluding ortho intramolecular Hbond substituents is 2. The number of rotatable bonds is 7. The summed E-state index contributed by atoms with van der Waals surface area (Å²) < 4.78 is 0. The second-order valence-electron chi connectivity index (χ2n) is 7.78. The molecule has 8 nitrogen and oxygen atoms in total. The van der Waals surface area contributed by atoms with Crippen LogP contribution in [0, 0.1) is 0 Å². The normalized spacial score (nSPS) is 11.2. The van der Waals surface area contributed by atoms with Gasteiger partial charge in [-0.3, -0.25) is 9.98 Å². The van der Waals surface area contributed by atoms with Gasteiger partial charge in [-0.25, -0.2) is 9.59 Å². The molecule has 0 aliphatic carbocycles. The van der Waals surface area contributed by atoms with Crippen LogP contribution in [0.4, 0.5) is 11.4 Å². The van der Waals surface area contributed by atoms with Crippen molar-refractivity contribution in [3.8, 4) is 22.6 Å². The van der Waals surface area contributed by atoms with Crippen molar-refractivity contribution in [2.45, 2.75) is 0 Å². The van der Waals surface area contributed by atoms with E-state index in [0.29, 0.717) is 0 Å². The van der Waals surface area contributed by atoms with Crippen molar-refractivity contribution in [3.63, 3.8) is 0 Å². The number of phenols is 2. The maximum absolute atomic E-state index is 11.0. The van der Waals surface area contributed by atoms with E-state index >= 15 is 0 Å². The van der Waals surface area contributed by atoms with Gasteiger partial charge < -0.3 is 20.4 Å². The van der Waals surface area contributed by atoms with E-state index in [0.717, 1.165) is 34.4 Å². The Balaban J connectivity index is 1.43. The predicted octanol–water partition coefficient (Wildman–Crippen LogP) is 5.66. The molecule has 4 aromatic rings. The van der Waals surface area contributed by atoms with Crippen LogP contribution in [0.3, 0.4) is 0 Å².